The number of alkyl carbamates (subject to hydrolysis) is 1. The number of nitrogens with one attached hydrogen (secondary N) is 1. The third-order valence-electron chi connectivity index (χ3n) is 2.09. The van der Waals surface area contributed by atoms with Gasteiger partial charge < -0.3 is 15.2 Å². The molecular weight excluding hydrogens is 298 g/mol. The second-order valence-corrected chi connectivity index (χ2v) is 5.87. The predicted octanol–water partition coefficient (Wildman–Crippen LogP) is 3.01. The fourth-order valence-corrected chi connectivity index (χ4v) is 1.56. The topological polar surface area (TPSA) is 58.6 Å². The monoisotopic (exact) mass is 315 g/mol. The smallest absolute Gasteiger partial charge is 0.407 e. The molecule has 1 aromatic rings. The van der Waals surface area contributed by atoms with Crippen molar-refractivity contribution in [2.24, 2.45) is 0 Å². The number of benzene rings is 1. The van der Waals surface area contributed by atoms with Crippen molar-refractivity contribution < 1.29 is 14.6 Å². The number of amides is 1. The van der Waals surface area contributed by atoms with Crippen LogP contribution < -0.4 is 5.32 Å². The van der Waals surface area contributed by atoms with Gasteiger partial charge in [0.05, 0.1) is 12.6 Å². The van der Waals surface area contributed by atoms with E-state index in [9.17, 15) is 9.90 Å². The first-order valence-corrected chi connectivity index (χ1v) is 6.47. The number of ether oxygens (including phenoxy) is 1. The lowest BCUT2D eigenvalue weighted by atomic mass is 10.1. The molecule has 1 aromatic carbocycles. The summed E-state index contributed by atoms with van der Waals surface area (Å²) in [6, 6.07) is 7.27. The van der Waals surface area contributed by atoms with Gasteiger partial charge in [-0.2, -0.15) is 0 Å². The van der Waals surface area contributed by atoms with Crippen LogP contribution in [0.15, 0.2) is 28.7 Å². The van der Waals surface area contributed by atoms with Gasteiger partial charge in [-0.1, -0.05) is 28.1 Å². The van der Waals surface area contributed by atoms with E-state index in [1.54, 1.807) is 32.9 Å². The minimum Gasteiger partial charge on any atom is -0.444 e. The van der Waals surface area contributed by atoms with Crippen LogP contribution in [0.2, 0.25) is 0 Å². The fourth-order valence-electron chi connectivity index (χ4n) is 1.30. The molecule has 100 valence electrons. The van der Waals surface area contributed by atoms with Gasteiger partial charge >= 0.3 is 6.09 Å². The Labute approximate surface area is 115 Å². The molecule has 0 aliphatic heterocycles. The highest BCUT2D eigenvalue weighted by Crippen LogP contribution is 2.16. The van der Waals surface area contributed by atoms with Crippen molar-refractivity contribution >= 4 is 22.0 Å². The Morgan fingerprint density at radius 1 is 1.39 bits per heavy atom. The highest BCUT2D eigenvalue weighted by Gasteiger charge is 2.17. The number of carbonyl (C=O) groups excluding carboxylic acids is 1. The van der Waals surface area contributed by atoms with Crippen molar-refractivity contribution in [3.8, 4) is 0 Å². The van der Waals surface area contributed by atoms with Gasteiger partial charge in [0.25, 0.3) is 0 Å². The van der Waals surface area contributed by atoms with E-state index in [1.165, 1.54) is 0 Å². The number of rotatable bonds is 3. The average Bonchev–Trinajstić information content (AvgIpc) is 2.24. The van der Waals surface area contributed by atoms with Gasteiger partial charge in [-0.25, -0.2) is 4.79 Å². The summed E-state index contributed by atoms with van der Waals surface area (Å²) in [7, 11) is 0. The van der Waals surface area contributed by atoms with Crippen LogP contribution in [-0.2, 0) is 4.74 Å². The number of hydrogen-bond donors (Lipinski definition) is 2. The molecule has 18 heavy (non-hydrogen) atoms. The Bertz CT molecular complexity index is 398. The van der Waals surface area contributed by atoms with Crippen LogP contribution >= 0.6 is 15.9 Å². The zero-order chi connectivity index (χ0) is 13.8. The summed E-state index contributed by atoms with van der Waals surface area (Å²) in [4.78, 5) is 11.4. The number of halogens is 1. The van der Waals surface area contributed by atoms with Crippen molar-refractivity contribution in [3.05, 3.63) is 34.3 Å². The van der Waals surface area contributed by atoms with Crippen LogP contribution in [0.3, 0.4) is 0 Å². The van der Waals surface area contributed by atoms with Gasteiger partial charge in [0.15, 0.2) is 0 Å². The molecule has 5 heteroatoms. The lowest BCUT2D eigenvalue weighted by Crippen LogP contribution is -2.34. The highest BCUT2D eigenvalue weighted by molar-refractivity contribution is 9.10. The Balaban J connectivity index is 2.44. The lowest BCUT2D eigenvalue weighted by molar-refractivity contribution is 0.0492. The molecule has 1 unspecified atom stereocenters. The summed E-state index contributed by atoms with van der Waals surface area (Å²) in [6.45, 7) is 5.49. The van der Waals surface area contributed by atoms with E-state index in [0.717, 1.165) is 10.0 Å². The van der Waals surface area contributed by atoms with Gasteiger partial charge in [-0.05, 0) is 38.5 Å². The molecule has 0 heterocycles. The third-order valence-corrected chi connectivity index (χ3v) is 2.62. The second-order valence-electron chi connectivity index (χ2n) is 4.95. The van der Waals surface area contributed by atoms with Crippen molar-refractivity contribution in [3.63, 3.8) is 0 Å². The minimum absolute atomic E-state index is 0.122. The van der Waals surface area contributed by atoms with Crippen LogP contribution in [0.4, 0.5) is 4.79 Å². The first-order valence-electron chi connectivity index (χ1n) is 5.68. The van der Waals surface area contributed by atoms with Gasteiger partial charge in [-0.3, -0.25) is 0 Å². The summed E-state index contributed by atoms with van der Waals surface area (Å²) >= 11 is 3.32. The predicted molar refractivity (Wildman–Crippen MR) is 73.3 cm³/mol. The Morgan fingerprint density at radius 3 is 2.44 bits per heavy atom. The molecule has 1 rings (SSSR count). The normalized spacial score (nSPS) is 12.9. The third kappa shape index (κ3) is 5.51. The SMILES string of the molecule is CC(C)(C)OC(=O)NCC(O)c1ccc(Br)cc1. The van der Waals surface area contributed by atoms with E-state index in [4.69, 9.17) is 4.74 Å². The summed E-state index contributed by atoms with van der Waals surface area (Å²) in [6.07, 6.45) is -1.27. The molecular formula is C13H18BrNO3. The maximum atomic E-state index is 11.4. The summed E-state index contributed by atoms with van der Waals surface area (Å²) < 4.78 is 6.02. The van der Waals surface area contributed by atoms with Crippen molar-refractivity contribution in [1.29, 1.82) is 0 Å². The second kappa shape index (κ2) is 6.20. The summed E-state index contributed by atoms with van der Waals surface area (Å²) in [5, 5.41) is 12.4. The number of hydrogen-bond acceptors (Lipinski definition) is 3. The van der Waals surface area contributed by atoms with Crippen molar-refractivity contribution in [2.75, 3.05) is 6.54 Å². The average molecular weight is 316 g/mol. The van der Waals surface area contributed by atoms with E-state index in [1.807, 2.05) is 12.1 Å². The highest BCUT2D eigenvalue weighted by atomic mass is 79.9. The molecule has 0 aromatic heterocycles. The van der Waals surface area contributed by atoms with E-state index in [2.05, 4.69) is 21.2 Å². The van der Waals surface area contributed by atoms with Crippen LogP contribution in [0.1, 0.15) is 32.4 Å². The molecule has 0 fully saturated rings. The molecule has 0 saturated carbocycles. The van der Waals surface area contributed by atoms with Crippen LogP contribution in [-0.4, -0.2) is 23.3 Å². The van der Waals surface area contributed by atoms with E-state index in [-0.39, 0.29) is 6.54 Å². The first kappa shape index (κ1) is 15.0. The lowest BCUT2D eigenvalue weighted by Gasteiger charge is -2.20. The van der Waals surface area contributed by atoms with Crippen LogP contribution in [0.25, 0.3) is 0 Å². The number of aliphatic hydroxyl groups excluding tert-OH is 1. The van der Waals surface area contributed by atoms with Crippen molar-refractivity contribution in [2.45, 2.75) is 32.5 Å². The van der Waals surface area contributed by atoms with E-state index in [0.29, 0.717) is 0 Å². The molecule has 0 spiro atoms. The number of carbonyl (C=O) groups is 1. The molecule has 4 nitrogen and oxygen atoms in total. The molecule has 0 aliphatic rings. The Hall–Kier alpha value is -1.07. The maximum Gasteiger partial charge on any atom is 0.407 e. The molecule has 0 radical (unpaired) electrons. The Morgan fingerprint density at radius 2 is 1.94 bits per heavy atom. The Kier molecular flexibility index (Phi) is 5.16. The van der Waals surface area contributed by atoms with Gasteiger partial charge in [-0.15, -0.1) is 0 Å². The quantitative estimate of drug-likeness (QED) is 0.901. The molecule has 2 N–H and O–H groups in total. The van der Waals surface area contributed by atoms with E-state index < -0.39 is 17.8 Å². The molecule has 1 amide bonds. The van der Waals surface area contributed by atoms with Gasteiger partial charge in [0.2, 0.25) is 0 Å². The first-order chi connectivity index (χ1) is 8.28. The van der Waals surface area contributed by atoms with E-state index >= 15 is 0 Å². The summed E-state index contributed by atoms with van der Waals surface area (Å²) in [5.41, 5.74) is 0.210. The summed E-state index contributed by atoms with van der Waals surface area (Å²) in [5.74, 6) is 0. The molecule has 0 saturated heterocycles. The largest absolute Gasteiger partial charge is 0.444 e. The zero-order valence-electron chi connectivity index (χ0n) is 10.7. The van der Waals surface area contributed by atoms with Crippen molar-refractivity contribution in [1.82, 2.24) is 5.32 Å². The fraction of sp³-hybridized carbons (Fsp3) is 0.462. The standard InChI is InChI=1S/C13H18BrNO3/c1-13(2,3)18-12(17)15-8-11(16)9-4-6-10(14)7-5-9/h4-7,11,16H,8H2,1-3H3,(H,15,17). The van der Waals surface area contributed by atoms with Gasteiger partial charge in [0, 0.05) is 4.47 Å². The molecule has 0 bridgehead atoms. The molecule has 0 aliphatic carbocycles. The van der Waals surface area contributed by atoms with Crippen LogP contribution in [0.5, 0.6) is 0 Å². The zero-order valence-corrected chi connectivity index (χ0v) is 12.3. The minimum atomic E-state index is -0.745. The number of aliphatic hydroxyl groups is 1. The van der Waals surface area contributed by atoms with Gasteiger partial charge in [0.1, 0.15) is 5.60 Å². The maximum absolute atomic E-state index is 11.4. The molecule has 1 atom stereocenters. The van der Waals surface area contributed by atoms with Crippen LogP contribution in [0, 0.1) is 0 Å².